The van der Waals surface area contributed by atoms with E-state index in [4.69, 9.17) is 5.73 Å². The fourth-order valence-corrected chi connectivity index (χ4v) is 2.19. The van der Waals surface area contributed by atoms with Crippen LogP contribution in [0.2, 0.25) is 0 Å². The van der Waals surface area contributed by atoms with Crippen molar-refractivity contribution in [2.75, 3.05) is 6.54 Å². The second-order valence-corrected chi connectivity index (χ2v) is 5.74. The first-order chi connectivity index (χ1) is 6.47. The van der Waals surface area contributed by atoms with Gasteiger partial charge in [-0.1, -0.05) is 27.2 Å². The minimum atomic E-state index is 0.200. The molecule has 2 N–H and O–H groups in total. The topological polar surface area (TPSA) is 38.4 Å². The highest BCUT2D eigenvalue weighted by atomic mass is 14.8. The zero-order chi connectivity index (χ0) is 10.6. The van der Waals surface area contributed by atoms with E-state index in [9.17, 15) is 0 Å². The van der Waals surface area contributed by atoms with E-state index in [-0.39, 0.29) is 6.04 Å². The average Bonchev–Trinajstić information content (AvgIpc) is 1.97. The Hall–Kier alpha value is -0.370. The van der Waals surface area contributed by atoms with E-state index in [0.717, 1.165) is 18.9 Å². The number of hydrogen-bond donors (Lipinski definition) is 1. The van der Waals surface area contributed by atoms with Gasteiger partial charge in [-0.3, -0.25) is 4.99 Å². The zero-order valence-electron chi connectivity index (χ0n) is 9.79. The van der Waals surface area contributed by atoms with Gasteiger partial charge < -0.3 is 5.73 Å². The van der Waals surface area contributed by atoms with Crippen LogP contribution in [0, 0.1) is 11.3 Å². The van der Waals surface area contributed by atoms with E-state index in [0.29, 0.717) is 5.41 Å². The third-order valence-corrected chi connectivity index (χ3v) is 2.71. The summed E-state index contributed by atoms with van der Waals surface area (Å²) in [5, 5.41) is 0. The van der Waals surface area contributed by atoms with Crippen LogP contribution in [0.25, 0.3) is 0 Å². The first kappa shape index (κ1) is 11.7. The average molecular weight is 196 g/mol. The number of aliphatic imine (C=N–C) groups is 1. The van der Waals surface area contributed by atoms with Gasteiger partial charge in [-0.15, -0.1) is 0 Å². The third-order valence-electron chi connectivity index (χ3n) is 2.71. The highest BCUT2D eigenvalue weighted by Crippen LogP contribution is 2.28. The molecule has 1 aliphatic rings. The summed E-state index contributed by atoms with van der Waals surface area (Å²) < 4.78 is 0. The summed E-state index contributed by atoms with van der Waals surface area (Å²) in [6, 6.07) is 0.200. The first-order valence-corrected chi connectivity index (χ1v) is 5.73. The summed E-state index contributed by atoms with van der Waals surface area (Å²) in [6.07, 6.45) is 6.87. The van der Waals surface area contributed by atoms with Crippen molar-refractivity contribution >= 4 is 6.21 Å². The molecule has 0 spiro atoms. The molecule has 0 fully saturated rings. The molecule has 2 unspecified atom stereocenters. The number of hydrogen-bond acceptors (Lipinski definition) is 2. The number of nitrogens with zero attached hydrogens (tertiary/aromatic N) is 1. The quantitative estimate of drug-likeness (QED) is 0.688. The Bertz CT molecular complexity index is 191. The van der Waals surface area contributed by atoms with Gasteiger partial charge in [0, 0.05) is 18.8 Å². The van der Waals surface area contributed by atoms with Crippen LogP contribution in [-0.4, -0.2) is 18.8 Å². The van der Waals surface area contributed by atoms with Crippen LogP contribution in [0.1, 0.15) is 46.5 Å². The Morgan fingerprint density at radius 2 is 2.07 bits per heavy atom. The summed E-state index contributed by atoms with van der Waals surface area (Å²) in [5.74, 6) is 0.763. The summed E-state index contributed by atoms with van der Waals surface area (Å²) >= 11 is 0. The van der Waals surface area contributed by atoms with Gasteiger partial charge in [0.05, 0.1) is 0 Å². The van der Waals surface area contributed by atoms with Crippen LogP contribution in [-0.2, 0) is 0 Å². The van der Waals surface area contributed by atoms with Crippen LogP contribution in [0.15, 0.2) is 4.99 Å². The summed E-state index contributed by atoms with van der Waals surface area (Å²) in [6.45, 7) is 7.90. The highest BCUT2D eigenvalue weighted by Gasteiger charge is 2.19. The van der Waals surface area contributed by atoms with Crippen molar-refractivity contribution in [3.63, 3.8) is 0 Å². The monoisotopic (exact) mass is 196 g/mol. The molecule has 0 aromatic heterocycles. The molecule has 1 heterocycles. The molecule has 2 nitrogen and oxygen atoms in total. The van der Waals surface area contributed by atoms with Gasteiger partial charge in [0.25, 0.3) is 0 Å². The predicted octanol–water partition coefficient (Wildman–Crippen LogP) is 2.62. The second kappa shape index (κ2) is 4.92. The molecule has 0 aliphatic carbocycles. The molecule has 0 saturated heterocycles. The van der Waals surface area contributed by atoms with Crippen LogP contribution in [0.4, 0.5) is 0 Å². The maximum atomic E-state index is 5.83. The zero-order valence-corrected chi connectivity index (χ0v) is 9.79. The molecule has 0 amide bonds. The van der Waals surface area contributed by atoms with E-state index in [2.05, 4.69) is 25.8 Å². The fourth-order valence-electron chi connectivity index (χ4n) is 2.19. The molecule has 0 radical (unpaired) electrons. The molecule has 0 saturated carbocycles. The lowest BCUT2D eigenvalue weighted by molar-refractivity contribution is 0.280. The third kappa shape index (κ3) is 4.75. The molecule has 2 heteroatoms. The Morgan fingerprint density at radius 1 is 1.36 bits per heavy atom. The highest BCUT2D eigenvalue weighted by molar-refractivity contribution is 5.63. The predicted molar refractivity (Wildman–Crippen MR) is 62.7 cm³/mol. The van der Waals surface area contributed by atoms with Crippen molar-refractivity contribution in [3.8, 4) is 0 Å². The molecule has 82 valence electrons. The van der Waals surface area contributed by atoms with E-state index in [1.807, 2.05) is 6.21 Å². The van der Waals surface area contributed by atoms with Crippen molar-refractivity contribution in [1.82, 2.24) is 0 Å². The fraction of sp³-hybridized carbons (Fsp3) is 0.917. The van der Waals surface area contributed by atoms with E-state index < -0.39 is 0 Å². The van der Waals surface area contributed by atoms with Crippen molar-refractivity contribution in [1.29, 1.82) is 0 Å². The molecular weight excluding hydrogens is 172 g/mol. The lowest BCUT2D eigenvalue weighted by Gasteiger charge is -2.26. The van der Waals surface area contributed by atoms with E-state index >= 15 is 0 Å². The maximum Gasteiger partial charge on any atom is 0.0414 e. The molecular formula is C12H24N2. The van der Waals surface area contributed by atoms with E-state index in [1.54, 1.807) is 0 Å². The standard InChI is InChI=1S/C12H24N2/c1-12(2,3)7-10-5-4-6-11(13)9-14-8-10/h9-11H,4-8,13H2,1-3H3. The molecule has 0 aromatic carbocycles. The first-order valence-electron chi connectivity index (χ1n) is 5.73. The van der Waals surface area contributed by atoms with Crippen LogP contribution < -0.4 is 5.73 Å². The lowest BCUT2D eigenvalue weighted by Crippen LogP contribution is -2.25. The SMILES string of the molecule is CC(C)(C)CC1CCCC(N)C=NC1. The lowest BCUT2D eigenvalue weighted by atomic mass is 9.82. The van der Waals surface area contributed by atoms with Gasteiger partial charge >= 0.3 is 0 Å². The van der Waals surface area contributed by atoms with Gasteiger partial charge in [-0.2, -0.15) is 0 Å². The normalized spacial score (nSPS) is 29.7. The summed E-state index contributed by atoms with van der Waals surface area (Å²) in [5.41, 5.74) is 6.26. The minimum absolute atomic E-state index is 0.200. The van der Waals surface area contributed by atoms with Gasteiger partial charge in [0.1, 0.15) is 0 Å². The van der Waals surface area contributed by atoms with E-state index in [1.165, 1.54) is 19.3 Å². The summed E-state index contributed by atoms with van der Waals surface area (Å²) in [4.78, 5) is 4.43. The number of rotatable bonds is 1. The van der Waals surface area contributed by atoms with Crippen molar-refractivity contribution in [2.45, 2.75) is 52.5 Å². The largest absolute Gasteiger partial charge is 0.323 e. The molecule has 0 aromatic rings. The Labute approximate surface area is 88.0 Å². The van der Waals surface area contributed by atoms with Crippen molar-refractivity contribution < 1.29 is 0 Å². The Kier molecular flexibility index (Phi) is 4.11. The minimum Gasteiger partial charge on any atom is -0.323 e. The van der Waals surface area contributed by atoms with Crippen molar-refractivity contribution in [3.05, 3.63) is 0 Å². The Balaban J connectivity index is 2.43. The molecule has 1 rings (SSSR count). The van der Waals surface area contributed by atoms with Crippen molar-refractivity contribution in [2.24, 2.45) is 22.1 Å². The Morgan fingerprint density at radius 3 is 2.71 bits per heavy atom. The summed E-state index contributed by atoms with van der Waals surface area (Å²) in [7, 11) is 0. The van der Waals surface area contributed by atoms with Crippen LogP contribution >= 0.6 is 0 Å². The number of nitrogens with two attached hydrogens (primary N) is 1. The maximum absolute atomic E-state index is 5.83. The molecule has 1 aliphatic heterocycles. The molecule has 0 bridgehead atoms. The van der Waals surface area contributed by atoms with Gasteiger partial charge in [-0.05, 0) is 30.6 Å². The van der Waals surface area contributed by atoms with Gasteiger partial charge in [0.15, 0.2) is 0 Å². The van der Waals surface area contributed by atoms with Crippen LogP contribution in [0.3, 0.4) is 0 Å². The second-order valence-electron chi connectivity index (χ2n) is 5.74. The van der Waals surface area contributed by atoms with Crippen LogP contribution in [0.5, 0.6) is 0 Å². The van der Waals surface area contributed by atoms with Gasteiger partial charge in [-0.25, -0.2) is 0 Å². The van der Waals surface area contributed by atoms with Gasteiger partial charge in [0.2, 0.25) is 0 Å². The molecule has 2 atom stereocenters. The smallest absolute Gasteiger partial charge is 0.0414 e. The molecule has 14 heavy (non-hydrogen) atoms.